The zero-order valence-electron chi connectivity index (χ0n) is 17.6. The Hall–Kier alpha value is -1.95. The van der Waals surface area contributed by atoms with Gasteiger partial charge in [0, 0.05) is 30.8 Å². The third kappa shape index (κ3) is 5.31. The molecule has 156 valence electrons. The highest BCUT2D eigenvalue weighted by molar-refractivity contribution is 5.74. The van der Waals surface area contributed by atoms with Crippen LogP contribution in [0.25, 0.3) is 0 Å². The number of carbonyl (C=O) groups excluding carboxylic acids is 1. The standard InChI is InChI=1S/C22H35N3O3/c1-24-12-11-17(15-24)14-23-22(26)25(19-7-5-4-6-8-19)16-18-9-10-20(27-2)13-21(18)28-3/h9-10,13,17,19H,4-8,11-12,14-16H2,1-3H3,(H,23,26). The number of nitrogens with zero attached hydrogens (tertiary/aromatic N) is 2. The van der Waals surface area contributed by atoms with Gasteiger partial charge < -0.3 is 24.6 Å². The van der Waals surface area contributed by atoms with Gasteiger partial charge in [0.15, 0.2) is 0 Å². The van der Waals surface area contributed by atoms with E-state index in [0.29, 0.717) is 18.5 Å². The van der Waals surface area contributed by atoms with E-state index in [9.17, 15) is 4.79 Å². The van der Waals surface area contributed by atoms with Crippen molar-refractivity contribution in [1.82, 2.24) is 15.1 Å². The molecule has 1 aromatic rings. The van der Waals surface area contributed by atoms with Crippen LogP contribution < -0.4 is 14.8 Å². The van der Waals surface area contributed by atoms with Gasteiger partial charge in [-0.15, -0.1) is 0 Å². The van der Waals surface area contributed by atoms with E-state index in [1.807, 2.05) is 23.1 Å². The van der Waals surface area contributed by atoms with Crippen LogP contribution in [0.1, 0.15) is 44.1 Å². The van der Waals surface area contributed by atoms with Crippen LogP contribution in [0.5, 0.6) is 11.5 Å². The fourth-order valence-electron chi connectivity index (χ4n) is 4.45. The largest absolute Gasteiger partial charge is 0.497 e. The number of benzene rings is 1. The van der Waals surface area contributed by atoms with Gasteiger partial charge in [0.05, 0.1) is 20.8 Å². The Kier molecular flexibility index (Phi) is 7.43. The number of ether oxygens (including phenoxy) is 2. The maximum Gasteiger partial charge on any atom is 0.317 e. The third-order valence-electron chi connectivity index (χ3n) is 6.14. The number of carbonyl (C=O) groups is 1. The molecule has 2 amide bonds. The summed E-state index contributed by atoms with van der Waals surface area (Å²) in [7, 11) is 5.46. The Bertz CT molecular complexity index is 646. The molecule has 1 aliphatic heterocycles. The summed E-state index contributed by atoms with van der Waals surface area (Å²) >= 11 is 0. The molecule has 1 aromatic carbocycles. The highest BCUT2D eigenvalue weighted by atomic mass is 16.5. The van der Waals surface area contributed by atoms with Gasteiger partial charge in [0.25, 0.3) is 0 Å². The second-order valence-electron chi connectivity index (χ2n) is 8.20. The monoisotopic (exact) mass is 389 g/mol. The summed E-state index contributed by atoms with van der Waals surface area (Å²) in [5, 5.41) is 3.22. The van der Waals surface area contributed by atoms with E-state index in [2.05, 4.69) is 17.3 Å². The Balaban J connectivity index is 1.70. The van der Waals surface area contributed by atoms with Crippen LogP contribution >= 0.6 is 0 Å². The molecule has 0 radical (unpaired) electrons. The van der Waals surface area contributed by atoms with Crippen LogP contribution in [-0.2, 0) is 6.54 Å². The topological polar surface area (TPSA) is 54.0 Å². The lowest BCUT2D eigenvalue weighted by Gasteiger charge is -2.35. The molecule has 1 N–H and O–H groups in total. The Labute approximate surface area is 169 Å². The van der Waals surface area contributed by atoms with Crippen molar-refractivity contribution in [1.29, 1.82) is 0 Å². The Morgan fingerprint density at radius 2 is 1.96 bits per heavy atom. The van der Waals surface area contributed by atoms with E-state index in [4.69, 9.17) is 9.47 Å². The van der Waals surface area contributed by atoms with Crippen molar-refractivity contribution in [2.75, 3.05) is 40.9 Å². The van der Waals surface area contributed by atoms with Crippen molar-refractivity contribution in [2.45, 2.75) is 51.1 Å². The van der Waals surface area contributed by atoms with E-state index < -0.39 is 0 Å². The van der Waals surface area contributed by atoms with Crippen LogP contribution in [0.4, 0.5) is 4.79 Å². The van der Waals surface area contributed by atoms with Crippen molar-refractivity contribution in [3.63, 3.8) is 0 Å². The normalized spacial score (nSPS) is 20.8. The minimum absolute atomic E-state index is 0.0549. The van der Waals surface area contributed by atoms with Crippen molar-refractivity contribution in [3.8, 4) is 11.5 Å². The molecule has 3 rings (SSSR count). The predicted molar refractivity (Wildman–Crippen MR) is 111 cm³/mol. The number of methoxy groups -OCH3 is 2. The quantitative estimate of drug-likeness (QED) is 0.775. The fraction of sp³-hybridized carbons (Fsp3) is 0.682. The first-order chi connectivity index (χ1) is 13.6. The van der Waals surface area contributed by atoms with Gasteiger partial charge in [-0.1, -0.05) is 19.3 Å². The van der Waals surface area contributed by atoms with Crippen molar-refractivity contribution in [3.05, 3.63) is 23.8 Å². The van der Waals surface area contributed by atoms with Gasteiger partial charge in [-0.3, -0.25) is 0 Å². The van der Waals surface area contributed by atoms with Gasteiger partial charge in [-0.2, -0.15) is 0 Å². The smallest absolute Gasteiger partial charge is 0.317 e. The molecule has 2 fully saturated rings. The van der Waals surface area contributed by atoms with Gasteiger partial charge in [0.2, 0.25) is 0 Å². The first kappa shape index (κ1) is 20.8. The summed E-state index contributed by atoms with van der Waals surface area (Å²) in [4.78, 5) is 17.5. The highest BCUT2D eigenvalue weighted by Crippen LogP contribution is 2.29. The lowest BCUT2D eigenvalue weighted by atomic mass is 9.94. The van der Waals surface area contributed by atoms with E-state index >= 15 is 0 Å². The molecule has 6 heteroatoms. The number of hydrogen-bond acceptors (Lipinski definition) is 4. The summed E-state index contributed by atoms with van der Waals surface area (Å²) in [6, 6.07) is 6.18. The SMILES string of the molecule is COc1ccc(CN(C(=O)NCC2CCN(C)C2)C2CCCCC2)c(OC)c1. The number of nitrogens with one attached hydrogen (secondary N) is 1. The molecule has 2 aliphatic rings. The summed E-state index contributed by atoms with van der Waals surface area (Å²) < 4.78 is 10.9. The number of hydrogen-bond donors (Lipinski definition) is 1. The molecule has 1 saturated carbocycles. The van der Waals surface area contributed by atoms with E-state index in [1.54, 1.807) is 14.2 Å². The lowest BCUT2D eigenvalue weighted by molar-refractivity contribution is 0.149. The number of likely N-dealkylation sites (tertiary alicyclic amines) is 1. The number of rotatable bonds is 7. The average molecular weight is 390 g/mol. The van der Waals surface area contributed by atoms with Crippen molar-refractivity contribution < 1.29 is 14.3 Å². The van der Waals surface area contributed by atoms with Gasteiger partial charge in [-0.05, 0) is 50.9 Å². The number of amides is 2. The van der Waals surface area contributed by atoms with Gasteiger partial charge >= 0.3 is 6.03 Å². The summed E-state index contributed by atoms with van der Waals surface area (Å²) in [6.45, 7) is 3.51. The Morgan fingerprint density at radius 3 is 2.61 bits per heavy atom. The van der Waals surface area contributed by atoms with E-state index in [1.165, 1.54) is 19.3 Å². The van der Waals surface area contributed by atoms with E-state index in [0.717, 1.165) is 56.0 Å². The zero-order valence-corrected chi connectivity index (χ0v) is 17.6. The van der Waals surface area contributed by atoms with Crippen LogP contribution in [0.2, 0.25) is 0 Å². The van der Waals surface area contributed by atoms with Crippen LogP contribution in [0.3, 0.4) is 0 Å². The fourth-order valence-corrected chi connectivity index (χ4v) is 4.45. The first-order valence-corrected chi connectivity index (χ1v) is 10.5. The number of urea groups is 1. The molecule has 1 unspecified atom stereocenters. The minimum atomic E-state index is 0.0549. The molecule has 1 aliphatic carbocycles. The second-order valence-corrected chi connectivity index (χ2v) is 8.20. The molecule has 28 heavy (non-hydrogen) atoms. The van der Waals surface area contributed by atoms with Crippen LogP contribution in [0, 0.1) is 5.92 Å². The first-order valence-electron chi connectivity index (χ1n) is 10.5. The summed E-state index contributed by atoms with van der Waals surface area (Å²) in [5.74, 6) is 2.09. The minimum Gasteiger partial charge on any atom is -0.497 e. The maximum absolute atomic E-state index is 13.1. The van der Waals surface area contributed by atoms with Crippen molar-refractivity contribution in [2.24, 2.45) is 5.92 Å². The highest BCUT2D eigenvalue weighted by Gasteiger charge is 2.28. The van der Waals surface area contributed by atoms with Gasteiger partial charge in [-0.25, -0.2) is 4.79 Å². The molecule has 0 aromatic heterocycles. The van der Waals surface area contributed by atoms with E-state index in [-0.39, 0.29) is 6.03 Å². The van der Waals surface area contributed by atoms with Gasteiger partial charge in [0.1, 0.15) is 11.5 Å². The van der Waals surface area contributed by atoms with Crippen LogP contribution in [-0.4, -0.2) is 62.8 Å². The molecule has 6 nitrogen and oxygen atoms in total. The van der Waals surface area contributed by atoms with Crippen molar-refractivity contribution >= 4 is 6.03 Å². The molecule has 1 atom stereocenters. The summed E-state index contributed by atoms with van der Waals surface area (Å²) in [6.07, 6.45) is 6.98. The zero-order chi connectivity index (χ0) is 19.9. The molecule has 1 heterocycles. The maximum atomic E-state index is 13.1. The molecular weight excluding hydrogens is 354 g/mol. The van der Waals surface area contributed by atoms with Crippen LogP contribution in [0.15, 0.2) is 18.2 Å². The lowest BCUT2D eigenvalue weighted by Crippen LogP contribution is -2.47. The molecule has 1 saturated heterocycles. The Morgan fingerprint density at radius 1 is 1.18 bits per heavy atom. The molecular formula is C22H35N3O3. The predicted octanol–water partition coefficient (Wildman–Crippen LogP) is 3.50. The second kappa shape index (κ2) is 10.0. The third-order valence-corrected chi connectivity index (χ3v) is 6.14. The molecule has 0 spiro atoms. The average Bonchev–Trinajstić information content (AvgIpc) is 3.16. The molecule has 0 bridgehead atoms. The summed E-state index contributed by atoms with van der Waals surface area (Å²) in [5.41, 5.74) is 1.02.